The number of nitro groups is 1. The fourth-order valence-electron chi connectivity index (χ4n) is 2.28. The molecule has 1 unspecified atom stereocenters. The third-order valence-corrected chi connectivity index (χ3v) is 3.70. The number of nitrogens with one attached hydrogen (secondary N) is 1. The average molecular weight is 328 g/mol. The summed E-state index contributed by atoms with van der Waals surface area (Å²) in [6, 6.07) is 11.8. The molecule has 24 heavy (non-hydrogen) atoms. The second-order valence-electron chi connectivity index (χ2n) is 5.53. The minimum absolute atomic E-state index is 0.00583. The molecular formula is C18H20N2O4. The first-order chi connectivity index (χ1) is 11.4. The van der Waals surface area contributed by atoms with Crippen molar-refractivity contribution in [2.45, 2.75) is 33.3 Å². The minimum atomic E-state index is -0.638. The van der Waals surface area contributed by atoms with E-state index in [0.29, 0.717) is 23.4 Å². The molecule has 0 aliphatic carbocycles. The van der Waals surface area contributed by atoms with Crippen LogP contribution in [0.5, 0.6) is 5.75 Å². The summed E-state index contributed by atoms with van der Waals surface area (Å²) in [5.41, 5.74) is 2.12. The number of amides is 1. The lowest BCUT2D eigenvalue weighted by atomic mass is 10.1. The number of carbonyl (C=O) groups excluding carboxylic acids is 1. The van der Waals surface area contributed by atoms with Crippen molar-refractivity contribution in [2.24, 2.45) is 0 Å². The molecule has 0 saturated carbocycles. The standard InChI is InChI=1S/C18H20N2O4/c1-4-16(24-17-8-6-5-7-12(17)2)18(21)19-15-10-9-14(20(22)23)11-13(15)3/h5-11,16H,4H2,1-3H3,(H,19,21). The largest absolute Gasteiger partial charge is 0.480 e. The average Bonchev–Trinajstić information content (AvgIpc) is 2.55. The summed E-state index contributed by atoms with van der Waals surface area (Å²) in [5.74, 6) is 0.387. The Labute approximate surface area is 140 Å². The van der Waals surface area contributed by atoms with Gasteiger partial charge in [-0.25, -0.2) is 0 Å². The number of non-ortho nitro benzene ring substituents is 1. The van der Waals surface area contributed by atoms with E-state index in [0.717, 1.165) is 5.56 Å². The quantitative estimate of drug-likeness (QED) is 0.641. The fraction of sp³-hybridized carbons (Fsp3) is 0.278. The number of ether oxygens (including phenoxy) is 1. The van der Waals surface area contributed by atoms with Crippen LogP contribution in [-0.2, 0) is 4.79 Å². The molecule has 1 atom stereocenters. The van der Waals surface area contributed by atoms with Gasteiger partial charge in [0.1, 0.15) is 5.75 Å². The molecule has 1 N–H and O–H groups in total. The maximum absolute atomic E-state index is 12.5. The van der Waals surface area contributed by atoms with Crippen LogP contribution in [0.3, 0.4) is 0 Å². The van der Waals surface area contributed by atoms with E-state index in [4.69, 9.17) is 4.74 Å². The Morgan fingerprint density at radius 1 is 1.21 bits per heavy atom. The summed E-state index contributed by atoms with van der Waals surface area (Å²) in [6.45, 7) is 5.50. The predicted molar refractivity (Wildman–Crippen MR) is 92.3 cm³/mol. The summed E-state index contributed by atoms with van der Waals surface area (Å²) >= 11 is 0. The Morgan fingerprint density at radius 2 is 1.92 bits per heavy atom. The number of hydrogen-bond acceptors (Lipinski definition) is 4. The van der Waals surface area contributed by atoms with Gasteiger partial charge in [-0.2, -0.15) is 0 Å². The van der Waals surface area contributed by atoms with Crippen LogP contribution in [0.1, 0.15) is 24.5 Å². The summed E-state index contributed by atoms with van der Waals surface area (Å²) in [6.07, 6.45) is -0.132. The van der Waals surface area contributed by atoms with Crippen LogP contribution in [0.25, 0.3) is 0 Å². The Morgan fingerprint density at radius 3 is 2.50 bits per heavy atom. The van der Waals surface area contributed by atoms with Gasteiger partial charge in [0.15, 0.2) is 6.10 Å². The SMILES string of the molecule is CCC(Oc1ccccc1C)C(=O)Nc1ccc([N+](=O)[O-])cc1C. The minimum Gasteiger partial charge on any atom is -0.480 e. The van der Waals surface area contributed by atoms with Crippen LogP contribution in [-0.4, -0.2) is 16.9 Å². The van der Waals surface area contributed by atoms with Gasteiger partial charge in [-0.3, -0.25) is 14.9 Å². The van der Waals surface area contributed by atoms with Gasteiger partial charge in [0.25, 0.3) is 11.6 Å². The van der Waals surface area contributed by atoms with E-state index in [1.54, 1.807) is 6.92 Å². The van der Waals surface area contributed by atoms with E-state index in [-0.39, 0.29) is 11.6 Å². The molecule has 0 bridgehead atoms. The first kappa shape index (κ1) is 17.5. The van der Waals surface area contributed by atoms with Crippen molar-refractivity contribution < 1.29 is 14.5 Å². The Balaban J connectivity index is 2.12. The third kappa shape index (κ3) is 4.10. The molecule has 0 aliphatic rings. The van der Waals surface area contributed by atoms with Gasteiger partial charge in [-0.1, -0.05) is 25.1 Å². The summed E-state index contributed by atoms with van der Waals surface area (Å²) in [7, 11) is 0. The molecule has 6 heteroatoms. The Kier molecular flexibility index (Phi) is 5.52. The summed E-state index contributed by atoms with van der Waals surface area (Å²) < 4.78 is 5.81. The second kappa shape index (κ2) is 7.59. The molecular weight excluding hydrogens is 308 g/mol. The molecule has 2 aromatic carbocycles. The van der Waals surface area contributed by atoms with Crippen molar-refractivity contribution in [3.63, 3.8) is 0 Å². The third-order valence-electron chi connectivity index (χ3n) is 3.70. The summed E-state index contributed by atoms with van der Waals surface area (Å²) in [5, 5.41) is 13.6. The lowest BCUT2D eigenvalue weighted by Crippen LogP contribution is -2.32. The molecule has 1 amide bonds. The van der Waals surface area contributed by atoms with E-state index in [1.807, 2.05) is 38.1 Å². The number of nitrogens with zero attached hydrogens (tertiary/aromatic N) is 1. The van der Waals surface area contributed by atoms with Crippen molar-refractivity contribution in [3.05, 3.63) is 63.7 Å². The lowest BCUT2D eigenvalue weighted by molar-refractivity contribution is -0.384. The van der Waals surface area contributed by atoms with Gasteiger partial charge in [-0.15, -0.1) is 0 Å². The maximum Gasteiger partial charge on any atom is 0.269 e. The van der Waals surface area contributed by atoms with Gasteiger partial charge in [0, 0.05) is 17.8 Å². The van der Waals surface area contributed by atoms with E-state index >= 15 is 0 Å². The molecule has 0 radical (unpaired) electrons. The zero-order valence-electron chi connectivity index (χ0n) is 13.9. The normalized spacial score (nSPS) is 11.6. The summed E-state index contributed by atoms with van der Waals surface area (Å²) in [4.78, 5) is 22.8. The maximum atomic E-state index is 12.5. The predicted octanol–water partition coefficient (Wildman–Crippen LogP) is 4.01. The molecule has 0 fully saturated rings. The van der Waals surface area contributed by atoms with Crippen molar-refractivity contribution in [1.82, 2.24) is 0 Å². The van der Waals surface area contributed by atoms with Gasteiger partial charge in [0.05, 0.1) is 4.92 Å². The van der Waals surface area contributed by atoms with Gasteiger partial charge in [-0.05, 0) is 43.5 Å². The highest BCUT2D eigenvalue weighted by Gasteiger charge is 2.20. The number of rotatable bonds is 6. The van der Waals surface area contributed by atoms with E-state index in [2.05, 4.69) is 5.32 Å². The molecule has 2 aromatic rings. The first-order valence-electron chi connectivity index (χ1n) is 7.70. The highest BCUT2D eigenvalue weighted by Crippen LogP contribution is 2.23. The molecule has 6 nitrogen and oxygen atoms in total. The van der Waals surface area contributed by atoms with E-state index in [1.165, 1.54) is 18.2 Å². The highest BCUT2D eigenvalue weighted by atomic mass is 16.6. The molecule has 0 heterocycles. The van der Waals surface area contributed by atoms with Gasteiger partial charge in [0.2, 0.25) is 0 Å². The molecule has 126 valence electrons. The van der Waals surface area contributed by atoms with Crippen LogP contribution < -0.4 is 10.1 Å². The number of para-hydroxylation sites is 1. The molecule has 0 aliphatic heterocycles. The number of aryl methyl sites for hydroxylation is 2. The molecule has 0 aromatic heterocycles. The fourth-order valence-corrected chi connectivity index (χ4v) is 2.28. The van der Waals surface area contributed by atoms with Gasteiger partial charge >= 0.3 is 0 Å². The monoisotopic (exact) mass is 328 g/mol. The van der Waals surface area contributed by atoms with E-state index < -0.39 is 11.0 Å². The highest BCUT2D eigenvalue weighted by molar-refractivity contribution is 5.95. The van der Waals surface area contributed by atoms with Crippen LogP contribution in [0.15, 0.2) is 42.5 Å². The molecule has 2 rings (SSSR count). The topological polar surface area (TPSA) is 81.5 Å². The van der Waals surface area contributed by atoms with E-state index in [9.17, 15) is 14.9 Å². The zero-order valence-corrected chi connectivity index (χ0v) is 13.9. The number of nitro benzene ring substituents is 1. The second-order valence-corrected chi connectivity index (χ2v) is 5.53. The zero-order chi connectivity index (χ0) is 17.7. The number of carbonyl (C=O) groups is 1. The lowest BCUT2D eigenvalue weighted by Gasteiger charge is -2.19. The number of anilines is 1. The van der Waals surface area contributed by atoms with Crippen molar-refractivity contribution in [1.29, 1.82) is 0 Å². The smallest absolute Gasteiger partial charge is 0.269 e. The number of benzene rings is 2. The Hall–Kier alpha value is -2.89. The van der Waals surface area contributed by atoms with Crippen LogP contribution in [0.2, 0.25) is 0 Å². The molecule has 0 saturated heterocycles. The Bertz CT molecular complexity index is 758. The van der Waals surface area contributed by atoms with Crippen molar-refractivity contribution in [2.75, 3.05) is 5.32 Å². The van der Waals surface area contributed by atoms with Crippen LogP contribution in [0.4, 0.5) is 11.4 Å². The van der Waals surface area contributed by atoms with Gasteiger partial charge < -0.3 is 10.1 Å². The number of hydrogen-bond donors (Lipinski definition) is 1. The van der Waals surface area contributed by atoms with Crippen LogP contribution >= 0.6 is 0 Å². The van der Waals surface area contributed by atoms with Crippen LogP contribution in [0, 0.1) is 24.0 Å². The molecule has 0 spiro atoms. The first-order valence-corrected chi connectivity index (χ1v) is 7.70. The van der Waals surface area contributed by atoms with Crippen molar-refractivity contribution in [3.8, 4) is 5.75 Å². The van der Waals surface area contributed by atoms with Crippen molar-refractivity contribution >= 4 is 17.3 Å².